The van der Waals surface area contributed by atoms with Crippen LogP contribution < -0.4 is 9.47 Å². The van der Waals surface area contributed by atoms with Gasteiger partial charge in [0.15, 0.2) is 13.6 Å². The fourth-order valence-electron chi connectivity index (χ4n) is 2.57. The van der Waals surface area contributed by atoms with E-state index in [-0.39, 0.29) is 20.0 Å². The van der Waals surface area contributed by atoms with E-state index in [1.54, 1.807) is 18.2 Å². The maximum atomic E-state index is 12.1. The van der Waals surface area contributed by atoms with Crippen LogP contribution in [0.3, 0.4) is 0 Å². The first-order valence-electron chi connectivity index (χ1n) is 8.97. The van der Waals surface area contributed by atoms with Crippen molar-refractivity contribution < 1.29 is 42.4 Å². The standard InChI is InChI=1S/C21H23BrO9/c1-25-11-29-16-10-17(30-12-26-2)21(22)14(9-19(24)28-4)20(16)15-7-5-13(31-15)6-8-18(23)27-3/h5-8,10H,9,11-12H2,1-4H3. The van der Waals surface area contributed by atoms with E-state index in [9.17, 15) is 9.59 Å². The summed E-state index contributed by atoms with van der Waals surface area (Å²) in [5, 5.41) is 0. The molecule has 9 nitrogen and oxygen atoms in total. The Morgan fingerprint density at radius 3 is 2.29 bits per heavy atom. The third-order valence-corrected chi connectivity index (χ3v) is 4.83. The average molecular weight is 499 g/mol. The van der Waals surface area contributed by atoms with Crippen LogP contribution in [0, 0.1) is 0 Å². The van der Waals surface area contributed by atoms with Crippen molar-refractivity contribution >= 4 is 33.9 Å². The van der Waals surface area contributed by atoms with Crippen molar-refractivity contribution in [3.8, 4) is 22.8 Å². The highest BCUT2D eigenvalue weighted by atomic mass is 79.9. The number of esters is 2. The van der Waals surface area contributed by atoms with Crippen LogP contribution in [0.5, 0.6) is 11.5 Å². The van der Waals surface area contributed by atoms with Crippen molar-refractivity contribution in [1.82, 2.24) is 0 Å². The van der Waals surface area contributed by atoms with Gasteiger partial charge in [0.2, 0.25) is 0 Å². The van der Waals surface area contributed by atoms with Crippen molar-refractivity contribution in [1.29, 1.82) is 0 Å². The Hall–Kier alpha value is -2.82. The normalized spacial score (nSPS) is 10.9. The quantitative estimate of drug-likeness (QED) is 0.261. The van der Waals surface area contributed by atoms with Gasteiger partial charge in [-0.2, -0.15) is 0 Å². The number of rotatable bonds is 11. The highest BCUT2D eigenvalue weighted by Crippen LogP contribution is 2.44. The zero-order valence-electron chi connectivity index (χ0n) is 17.6. The highest BCUT2D eigenvalue weighted by Gasteiger charge is 2.24. The smallest absolute Gasteiger partial charge is 0.330 e. The molecule has 0 fully saturated rings. The van der Waals surface area contributed by atoms with Gasteiger partial charge in [-0.15, -0.1) is 0 Å². The summed E-state index contributed by atoms with van der Waals surface area (Å²) >= 11 is 3.49. The SMILES string of the molecule is COCOc1cc(OCOC)c(-c2ccc(C=CC(=O)OC)o2)c(CC(=O)OC)c1Br. The van der Waals surface area contributed by atoms with Gasteiger partial charge in [0, 0.05) is 26.4 Å². The molecule has 0 aliphatic rings. The number of carbonyl (C=O) groups is 2. The minimum atomic E-state index is -0.518. The number of halogens is 1. The third-order valence-electron chi connectivity index (χ3n) is 3.96. The van der Waals surface area contributed by atoms with E-state index in [1.165, 1.54) is 40.6 Å². The van der Waals surface area contributed by atoms with Crippen molar-refractivity contribution in [2.24, 2.45) is 0 Å². The molecule has 0 unspecified atom stereocenters. The van der Waals surface area contributed by atoms with Gasteiger partial charge in [0.1, 0.15) is 23.0 Å². The first-order chi connectivity index (χ1) is 14.9. The largest absolute Gasteiger partial charge is 0.469 e. The van der Waals surface area contributed by atoms with Crippen LogP contribution >= 0.6 is 15.9 Å². The molecule has 0 aliphatic carbocycles. The minimum absolute atomic E-state index is 0.0114. The lowest BCUT2D eigenvalue weighted by molar-refractivity contribution is -0.139. The number of methoxy groups -OCH3 is 4. The molecule has 10 heteroatoms. The second-order valence-corrected chi connectivity index (χ2v) is 6.75. The van der Waals surface area contributed by atoms with Gasteiger partial charge in [0.25, 0.3) is 0 Å². The van der Waals surface area contributed by atoms with Crippen molar-refractivity contribution in [2.45, 2.75) is 6.42 Å². The molecule has 0 atom stereocenters. The number of benzene rings is 1. The fraction of sp³-hybridized carbons (Fsp3) is 0.333. The molecule has 0 spiro atoms. The molecule has 1 heterocycles. The van der Waals surface area contributed by atoms with E-state index in [4.69, 9.17) is 28.1 Å². The first-order valence-corrected chi connectivity index (χ1v) is 9.76. The van der Waals surface area contributed by atoms with Crippen LogP contribution in [0.15, 0.2) is 33.2 Å². The van der Waals surface area contributed by atoms with E-state index in [2.05, 4.69) is 20.7 Å². The summed E-state index contributed by atoms with van der Waals surface area (Å²) in [6.07, 6.45) is 2.61. The summed E-state index contributed by atoms with van der Waals surface area (Å²) in [5.74, 6) is 0.559. The Kier molecular flexibility index (Phi) is 9.57. The molecule has 0 amide bonds. The summed E-state index contributed by atoms with van der Waals surface area (Å²) in [5.41, 5.74) is 1.02. The van der Waals surface area contributed by atoms with E-state index < -0.39 is 11.9 Å². The Labute approximate surface area is 187 Å². The van der Waals surface area contributed by atoms with E-state index in [0.29, 0.717) is 38.6 Å². The molecule has 0 saturated carbocycles. The lowest BCUT2D eigenvalue weighted by Gasteiger charge is -2.18. The molecule has 1 aromatic carbocycles. The van der Waals surface area contributed by atoms with Crippen LogP contribution in [-0.2, 0) is 35.0 Å². The van der Waals surface area contributed by atoms with Crippen LogP contribution in [0.1, 0.15) is 11.3 Å². The molecule has 31 heavy (non-hydrogen) atoms. The number of furan rings is 1. The molecule has 168 valence electrons. The van der Waals surface area contributed by atoms with Crippen molar-refractivity contribution in [3.63, 3.8) is 0 Å². The van der Waals surface area contributed by atoms with Crippen LogP contribution in [0.4, 0.5) is 0 Å². The van der Waals surface area contributed by atoms with Crippen LogP contribution in [-0.4, -0.2) is 54.0 Å². The lowest BCUT2D eigenvalue weighted by Crippen LogP contribution is -2.10. The summed E-state index contributed by atoms with van der Waals surface area (Å²) in [4.78, 5) is 23.5. The second kappa shape index (κ2) is 12.1. The summed E-state index contributed by atoms with van der Waals surface area (Å²) in [7, 11) is 5.56. The van der Waals surface area contributed by atoms with Gasteiger partial charge in [-0.05, 0) is 39.7 Å². The number of hydrogen-bond acceptors (Lipinski definition) is 9. The molecular weight excluding hydrogens is 476 g/mol. The predicted octanol–water partition coefficient (Wildman–Crippen LogP) is 3.58. The van der Waals surface area contributed by atoms with Crippen LogP contribution in [0.2, 0.25) is 0 Å². The van der Waals surface area contributed by atoms with Crippen molar-refractivity contribution in [2.75, 3.05) is 42.0 Å². The monoisotopic (exact) mass is 498 g/mol. The van der Waals surface area contributed by atoms with Gasteiger partial charge < -0.3 is 32.8 Å². The molecule has 2 rings (SSSR count). The molecule has 0 saturated heterocycles. The third kappa shape index (κ3) is 6.58. The van der Waals surface area contributed by atoms with Crippen molar-refractivity contribution in [3.05, 3.63) is 40.1 Å². The van der Waals surface area contributed by atoms with Gasteiger partial charge in [-0.25, -0.2) is 4.79 Å². The zero-order valence-corrected chi connectivity index (χ0v) is 19.1. The number of hydrogen-bond donors (Lipinski definition) is 0. The number of ether oxygens (including phenoxy) is 6. The Morgan fingerprint density at radius 2 is 1.68 bits per heavy atom. The van der Waals surface area contributed by atoms with E-state index in [1.807, 2.05) is 0 Å². The average Bonchev–Trinajstić information content (AvgIpc) is 3.24. The molecule has 0 radical (unpaired) electrons. The maximum Gasteiger partial charge on any atom is 0.330 e. The van der Waals surface area contributed by atoms with Gasteiger partial charge in [-0.1, -0.05) is 0 Å². The zero-order chi connectivity index (χ0) is 22.8. The number of carbonyl (C=O) groups excluding carboxylic acids is 2. The van der Waals surface area contributed by atoms with E-state index in [0.717, 1.165) is 0 Å². The molecular formula is C21H23BrO9. The van der Waals surface area contributed by atoms with Gasteiger partial charge >= 0.3 is 11.9 Å². The fourth-order valence-corrected chi connectivity index (χ4v) is 3.14. The van der Waals surface area contributed by atoms with Gasteiger partial charge in [0.05, 0.1) is 30.7 Å². The summed E-state index contributed by atoms with van der Waals surface area (Å²) in [6, 6.07) is 4.99. The summed E-state index contributed by atoms with van der Waals surface area (Å²) in [6.45, 7) is -0.0611. The van der Waals surface area contributed by atoms with Gasteiger partial charge in [-0.3, -0.25) is 4.79 Å². The Morgan fingerprint density at radius 1 is 1.00 bits per heavy atom. The molecule has 0 N–H and O–H groups in total. The molecule has 2 aromatic rings. The Bertz CT molecular complexity index is 933. The maximum absolute atomic E-state index is 12.1. The lowest BCUT2D eigenvalue weighted by atomic mass is 10.0. The topological polar surface area (TPSA) is 103 Å². The first kappa shape index (κ1) is 24.4. The predicted molar refractivity (Wildman–Crippen MR) is 114 cm³/mol. The molecule has 0 aliphatic heterocycles. The van der Waals surface area contributed by atoms with E-state index >= 15 is 0 Å². The second-order valence-electron chi connectivity index (χ2n) is 5.95. The molecule has 1 aromatic heterocycles. The van der Waals surface area contributed by atoms with Crippen LogP contribution in [0.25, 0.3) is 17.4 Å². The highest BCUT2D eigenvalue weighted by molar-refractivity contribution is 9.10. The minimum Gasteiger partial charge on any atom is -0.469 e. The summed E-state index contributed by atoms with van der Waals surface area (Å²) < 4.78 is 37.1. The molecule has 0 bridgehead atoms. The Balaban J connectivity index is 2.62.